The Hall–Kier alpha value is -2.11. The Labute approximate surface area is 128 Å². The van der Waals surface area contributed by atoms with Crippen LogP contribution in [-0.4, -0.2) is 22.8 Å². The van der Waals surface area contributed by atoms with E-state index in [0.29, 0.717) is 17.5 Å². The normalized spacial score (nSPS) is 20.4. The van der Waals surface area contributed by atoms with Crippen molar-refractivity contribution < 1.29 is 23.8 Å². The fourth-order valence-corrected chi connectivity index (χ4v) is 2.84. The first-order valence-electron chi connectivity index (χ1n) is 7.15. The molecule has 0 radical (unpaired) electrons. The van der Waals surface area contributed by atoms with E-state index in [2.05, 4.69) is 5.32 Å². The molecule has 0 aromatic heterocycles. The lowest BCUT2D eigenvalue weighted by Crippen LogP contribution is -2.34. The molecule has 0 saturated heterocycles. The zero-order chi connectivity index (χ0) is 16.7. The van der Waals surface area contributed by atoms with Crippen LogP contribution in [0.15, 0.2) is 12.1 Å². The molecule has 1 aliphatic rings. The molecule has 0 aliphatic heterocycles. The summed E-state index contributed by atoms with van der Waals surface area (Å²) >= 11 is 0. The molecule has 5 nitrogen and oxygen atoms in total. The Bertz CT molecular complexity index is 621. The second-order valence-electron chi connectivity index (χ2n) is 6.56. The average Bonchev–Trinajstić information content (AvgIpc) is 2.65. The van der Waals surface area contributed by atoms with E-state index in [1.165, 1.54) is 6.07 Å². The van der Waals surface area contributed by atoms with Crippen LogP contribution in [0, 0.1) is 5.82 Å². The van der Waals surface area contributed by atoms with Crippen LogP contribution in [0.4, 0.5) is 9.18 Å². The zero-order valence-corrected chi connectivity index (χ0v) is 13.1. The maximum atomic E-state index is 14.0. The summed E-state index contributed by atoms with van der Waals surface area (Å²) in [7, 11) is 0. The SMILES string of the molecule is C[C@@H]1C[C@H](NC(=O)OC(C)(C)C)c2c(C(=O)O)ccc(F)c21. The first-order chi connectivity index (χ1) is 10.1. The monoisotopic (exact) mass is 309 g/mol. The average molecular weight is 309 g/mol. The summed E-state index contributed by atoms with van der Waals surface area (Å²) in [5, 5.41) is 12.0. The number of fused-ring (bicyclic) bond motifs is 1. The first-order valence-corrected chi connectivity index (χ1v) is 7.15. The number of carbonyl (C=O) groups is 2. The van der Waals surface area contributed by atoms with Crippen LogP contribution in [0.1, 0.15) is 67.6 Å². The molecule has 120 valence electrons. The van der Waals surface area contributed by atoms with Gasteiger partial charge in [-0.1, -0.05) is 6.92 Å². The lowest BCUT2D eigenvalue weighted by molar-refractivity contribution is 0.0499. The minimum absolute atomic E-state index is 0.0156. The fraction of sp³-hybridized carbons (Fsp3) is 0.500. The number of nitrogens with one attached hydrogen (secondary N) is 1. The second-order valence-corrected chi connectivity index (χ2v) is 6.56. The molecule has 2 atom stereocenters. The third-order valence-corrected chi connectivity index (χ3v) is 3.59. The Balaban J connectivity index is 2.34. The molecular weight excluding hydrogens is 289 g/mol. The first kappa shape index (κ1) is 16.3. The molecule has 1 aromatic carbocycles. The molecule has 0 unspecified atom stereocenters. The van der Waals surface area contributed by atoms with Gasteiger partial charge in [0.25, 0.3) is 0 Å². The van der Waals surface area contributed by atoms with E-state index in [1.54, 1.807) is 20.8 Å². The number of carboxylic acids is 1. The molecule has 22 heavy (non-hydrogen) atoms. The highest BCUT2D eigenvalue weighted by Crippen LogP contribution is 2.43. The van der Waals surface area contributed by atoms with Gasteiger partial charge in [-0.2, -0.15) is 0 Å². The van der Waals surface area contributed by atoms with Crippen molar-refractivity contribution in [1.29, 1.82) is 0 Å². The molecular formula is C16H20FNO4. The number of carbonyl (C=O) groups excluding carboxylic acids is 1. The van der Waals surface area contributed by atoms with Crippen molar-refractivity contribution in [2.24, 2.45) is 0 Å². The van der Waals surface area contributed by atoms with Gasteiger partial charge in [-0.3, -0.25) is 0 Å². The number of amides is 1. The van der Waals surface area contributed by atoms with E-state index < -0.39 is 29.5 Å². The van der Waals surface area contributed by atoms with E-state index >= 15 is 0 Å². The summed E-state index contributed by atoms with van der Waals surface area (Å²) in [5.41, 5.74) is 0.0583. The van der Waals surface area contributed by atoms with Crippen LogP contribution in [-0.2, 0) is 4.74 Å². The van der Waals surface area contributed by atoms with E-state index in [0.717, 1.165) is 6.07 Å². The van der Waals surface area contributed by atoms with Gasteiger partial charge in [0.2, 0.25) is 0 Å². The van der Waals surface area contributed by atoms with E-state index in [1.807, 2.05) is 6.92 Å². The molecule has 2 rings (SSSR count). The van der Waals surface area contributed by atoms with Crippen LogP contribution < -0.4 is 5.32 Å². The summed E-state index contributed by atoms with van der Waals surface area (Å²) in [6.07, 6.45) is -0.200. The van der Waals surface area contributed by atoms with Gasteiger partial charge in [-0.15, -0.1) is 0 Å². The number of benzene rings is 1. The van der Waals surface area contributed by atoms with E-state index in [4.69, 9.17) is 4.74 Å². The number of ether oxygens (including phenoxy) is 1. The van der Waals surface area contributed by atoms with Crippen LogP contribution in [0.3, 0.4) is 0 Å². The Morgan fingerprint density at radius 1 is 1.32 bits per heavy atom. The Kier molecular flexibility index (Phi) is 4.13. The van der Waals surface area contributed by atoms with Crippen LogP contribution in [0.5, 0.6) is 0 Å². The van der Waals surface area contributed by atoms with Gasteiger partial charge in [-0.25, -0.2) is 14.0 Å². The molecule has 0 bridgehead atoms. The summed E-state index contributed by atoms with van der Waals surface area (Å²) in [5.74, 6) is -1.75. The number of alkyl carbamates (subject to hydrolysis) is 1. The fourth-order valence-electron chi connectivity index (χ4n) is 2.84. The van der Waals surface area contributed by atoms with Gasteiger partial charge in [0.15, 0.2) is 0 Å². The minimum Gasteiger partial charge on any atom is -0.478 e. The van der Waals surface area contributed by atoms with Crippen molar-refractivity contribution in [3.8, 4) is 0 Å². The lowest BCUT2D eigenvalue weighted by atomic mass is 9.98. The second kappa shape index (κ2) is 5.59. The van der Waals surface area contributed by atoms with Gasteiger partial charge in [0.05, 0.1) is 11.6 Å². The number of carboxylic acid groups (broad SMARTS) is 1. The van der Waals surface area contributed by atoms with Crippen LogP contribution >= 0.6 is 0 Å². The third kappa shape index (κ3) is 3.21. The highest BCUT2D eigenvalue weighted by atomic mass is 19.1. The summed E-state index contributed by atoms with van der Waals surface area (Å²) in [6, 6.07) is 1.83. The van der Waals surface area contributed by atoms with Gasteiger partial charge in [-0.05, 0) is 56.4 Å². The molecule has 2 N–H and O–H groups in total. The molecule has 1 amide bonds. The Morgan fingerprint density at radius 2 is 1.95 bits per heavy atom. The molecule has 6 heteroatoms. The molecule has 0 saturated carbocycles. The number of hydrogen-bond acceptors (Lipinski definition) is 3. The number of hydrogen-bond donors (Lipinski definition) is 2. The molecule has 0 spiro atoms. The smallest absolute Gasteiger partial charge is 0.408 e. The molecule has 1 aromatic rings. The highest BCUT2D eigenvalue weighted by Gasteiger charge is 2.36. The zero-order valence-electron chi connectivity index (χ0n) is 13.1. The van der Waals surface area contributed by atoms with E-state index in [9.17, 15) is 19.1 Å². The summed E-state index contributed by atoms with van der Waals surface area (Å²) < 4.78 is 19.2. The van der Waals surface area contributed by atoms with E-state index in [-0.39, 0.29) is 11.5 Å². The quantitative estimate of drug-likeness (QED) is 0.875. The Morgan fingerprint density at radius 3 is 2.50 bits per heavy atom. The molecule has 0 heterocycles. The summed E-state index contributed by atoms with van der Waals surface area (Å²) in [6.45, 7) is 7.02. The third-order valence-electron chi connectivity index (χ3n) is 3.59. The standard InChI is InChI=1S/C16H20FNO4/c1-8-7-11(18-15(21)22-16(2,3)4)13-9(14(19)20)5-6-10(17)12(8)13/h5-6,8,11H,7H2,1-4H3,(H,18,21)(H,19,20)/t8-,11+/m1/s1. The van der Waals surface area contributed by atoms with Crippen molar-refractivity contribution in [2.45, 2.75) is 51.7 Å². The lowest BCUT2D eigenvalue weighted by Gasteiger charge is -2.22. The topological polar surface area (TPSA) is 75.6 Å². The highest BCUT2D eigenvalue weighted by molar-refractivity contribution is 5.90. The van der Waals surface area contributed by atoms with Crippen LogP contribution in [0.2, 0.25) is 0 Å². The number of aromatic carboxylic acids is 1. The van der Waals surface area contributed by atoms with Gasteiger partial charge < -0.3 is 15.2 Å². The van der Waals surface area contributed by atoms with Crippen molar-refractivity contribution in [1.82, 2.24) is 5.32 Å². The molecule has 0 fully saturated rings. The number of rotatable bonds is 2. The predicted octanol–water partition coefficient (Wildman–Crippen LogP) is 3.60. The minimum atomic E-state index is -1.14. The van der Waals surface area contributed by atoms with Crippen molar-refractivity contribution in [3.05, 3.63) is 34.6 Å². The van der Waals surface area contributed by atoms with Gasteiger partial charge in [0, 0.05) is 0 Å². The van der Waals surface area contributed by atoms with Crippen molar-refractivity contribution >= 4 is 12.1 Å². The van der Waals surface area contributed by atoms with Gasteiger partial charge >= 0.3 is 12.1 Å². The summed E-state index contributed by atoms with van der Waals surface area (Å²) in [4.78, 5) is 23.3. The maximum absolute atomic E-state index is 14.0. The number of halogens is 1. The largest absolute Gasteiger partial charge is 0.478 e. The van der Waals surface area contributed by atoms with Gasteiger partial charge in [0.1, 0.15) is 11.4 Å². The van der Waals surface area contributed by atoms with Crippen molar-refractivity contribution in [3.63, 3.8) is 0 Å². The molecule has 1 aliphatic carbocycles. The van der Waals surface area contributed by atoms with Crippen molar-refractivity contribution in [2.75, 3.05) is 0 Å². The van der Waals surface area contributed by atoms with Crippen LogP contribution in [0.25, 0.3) is 0 Å². The maximum Gasteiger partial charge on any atom is 0.408 e. The predicted molar refractivity (Wildman–Crippen MR) is 78.5 cm³/mol.